The van der Waals surface area contributed by atoms with Crippen molar-refractivity contribution in [1.29, 1.82) is 0 Å². The first kappa shape index (κ1) is 24.6. The Hall–Kier alpha value is -2.70. The Morgan fingerprint density at radius 1 is 1.19 bits per heavy atom. The van der Waals surface area contributed by atoms with Crippen molar-refractivity contribution in [3.63, 3.8) is 0 Å². The molecule has 2 rings (SSSR count). The second-order valence-corrected chi connectivity index (χ2v) is 7.88. The van der Waals surface area contributed by atoms with E-state index in [1.807, 2.05) is 6.92 Å². The summed E-state index contributed by atoms with van der Waals surface area (Å²) in [5, 5.41) is 28.9. The standard InChI is InChI=1S/C25H31FO5/c1-5-16-12-22(15(2)3)21(11-10-19(27)13-20(28)14-23(29)30)24(25(16)31-4)17-6-8-18(26)9-7-17/h6-12,15,19-20,27-28H,5,13-14H2,1-4H3,(H,29,30)/b11-10+. The number of carbonyl (C=O) groups is 1. The summed E-state index contributed by atoms with van der Waals surface area (Å²) in [7, 11) is 1.60. The third-order valence-electron chi connectivity index (χ3n) is 5.18. The molecule has 0 amide bonds. The molecule has 0 aliphatic rings. The topological polar surface area (TPSA) is 87.0 Å². The highest BCUT2D eigenvalue weighted by Crippen LogP contribution is 2.41. The second-order valence-electron chi connectivity index (χ2n) is 7.88. The summed E-state index contributed by atoms with van der Waals surface area (Å²) >= 11 is 0. The molecule has 0 saturated heterocycles. The van der Waals surface area contributed by atoms with Crippen LogP contribution >= 0.6 is 0 Å². The molecule has 168 valence electrons. The number of benzene rings is 2. The van der Waals surface area contributed by atoms with Gasteiger partial charge >= 0.3 is 5.97 Å². The van der Waals surface area contributed by atoms with E-state index in [1.165, 1.54) is 12.1 Å². The number of aliphatic carboxylic acids is 1. The van der Waals surface area contributed by atoms with Gasteiger partial charge in [0.2, 0.25) is 0 Å². The summed E-state index contributed by atoms with van der Waals surface area (Å²) in [5.41, 5.74) is 4.50. The van der Waals surface area contributed by atoms with Gasteiger partial charge in [0.25, 0.3) is 0 Å². The predicted molar refractivity (Wildman–Crippen MR) is 120 cm³/mol. The first-order valence-corrected chi connectivity index (χ1v) is 10.4. The van der Waals surface area contributed by atoms with E-state index < -0.39 is 24.6 Å². The largest absolute Gasteiger partial charge is 0.496 e. The molecule has 0 radical (unpaired) electrons. The molecule has 5 nitrogen and oxygen atoms in total. The Kier molecular flexibility index (Phi) is 8.77. The molecule has 31 heavy (non-hydrogen) atoms. The van der Waals surface area contributed by atoms with Gasteiger partial charge in [0, 0.05) is 12.0 Å². The number of rotatable bonds is 10. The number of carboxylic acid groups (broad SMARTS) is 1. The van der Waals surface area contributed by atoms with Gasteiger partial charge < -0.3 is 20.1 Å². The van der Waals surface area contributed by atoms with Crippen LogP contribution in [0.3, 0.4) is 0 Å². The third kappa shape index (κ3) is 6.39. The van der Waals surface area contributed by atoms with Gasteiger partial charge in [-0.25, -0.2) is 4.39 Å². The van der Waals surface area contributed by atoms with Gasteiger partial charge in [0.05, 0.1) is 25.7 Å². The molecule has 3 N–H and O–H groups in total. The quantitative estimate of drug-likeness (QED) is 0.505. The van der Waals surface area contributed by atoms with E-state index in [0.29, 0.717) is 5.75 Å². The van der Waals surface area contributed by atoms with E-state index in [4.69, 9.17) is 9.84 Å². The van der Waals surface area contributed by atoms with Crippen LogP contribution in [0, 0.1) is 5.82 Å². The summed E-state index contributed by atoms with van der Waals surface area (Å²) in [6, 6.07) is 8.27. The highest BCUT2D eigenvalue weighted by molar-refractivity contribution is 5.84. The molecular weight excluding hydrogens is 399 g/mol. The van der Waals surface area contributed by atoms with Crippen LogP contribution < -0.4 is 4.74 Å². The minimum absolute atomic E-state index is 0.0874. The van der Waals surface area contributed by atoms with Crippen molar-refractivity contribution in [3.8, 4) is 16.9 Å². The minimum Gasteiger partial charge on any atom is -0.496 e. The van der Waals surface area contributed by atoms with E-state index in [1.54, 1.807) is 31.4 Å². The Morgan fingerprint density at radius 3 is 2.35 bits per heavy atom. The zero-order valence-electron chi connectivity index (χ0n) is 18.4. The van der Waals surface area contributed by atoms with Crippen LogP contribution in [0.25, 0.3) is 17.2 Å². The molecule has 0 heterocycles. The van der Waals surface area contributed by atoms with E-state index in [-0.39, 0.29) is 18.2 Å². The first-order valence-electron chi connectivity index (χ1n) is 10.4. The lowest BCUT2D eigenvalue weighted by atomic mass is 9.86. The Morgan fingerprint density at radius 2 is 1.84 bits per heavy atom. The van der Waals surface area contributed by atoms with Gasteiger partial charge in [-0.15, -0.1) is 0 Å². The minimum atomic E-state index is -1.14. The normalized spacial score (nSPS) is 13.5. The van der Waals surface area contributed by atoms with Crippen LogP contribution in [-0.4, -0.2) is 40.6 Å². The number of halogens is 1. The van der Waals surface area contributed by atoms with Crippen molar-refractivity contribution < 1.29 is 29.2 Å². The van der Waals surface area contributed by atoms with Gasteiger partial charge in [-0.1, -0.05) is 51.1 Å². The van der Waals surface area contributed by atoms with Crippen molar-refractivity contribution in [1.82, 2.24) is 0 Å². The summed E-state index contributed by atoms with van der Waals surface area (Å²) in [6.07, 6.45) is 1.39. The Bertz CT molecular complexity index is 918. The zero-order valence-corrected chi connectivity index (χ0v) is 18.4. The van der Waals surface area contributed by atoms with Crippen molar-refractivity contribution in [3.05, 3.63) is 58.9 Å². The SMILES string of the molecule is CCc1cc(C(C)C)c(/C=C/C(O)CC(O)CC(=O)O)c(-c2ccc(F)cc2)c1OC. The third-order valence-corrected chi connectivity index (χ3v) is 5.18. The summed E-state index contributed by atoms with van der Waals surface area (Å²) in [5.74, 6) is -0.592. The molecule has 2 atom stereocenters. The molecule has 2 unspecified atom stereocenters. The van der Waals surface area contributed by atoms with Crippen LogP contribution in [-0.2, 0) is 11.2 Å². The molecule has 0 spiro atoms. The molecular formula is C25H31FO5. The average Bonchev–Trinajstić information content (AvgIpc) is 2.70. The molecule has 2 aromatic carbocycles. The summed E-state index contributed by atoms with van der Waals surface area (Å²) in [6.45, 7) is 6.18. The maximum absolute atomic E-state index is 13.6. The molecule has 0 fully saturated rings. The Balaban J connectivity index is 2.60. The van der Waals surface area contributed by atoms with Crippen molar-refractivity contribution in [2.24, 2.45) is 0 Å². The first-order chi connectivity index (χ1) is 14.7. The van der Waals surface area contributed by atoms with Gasteiger partial charge in [-0.2, -0.15) is 0 Å². The maximum Gasteiger partial charge on any atom is 0.305 e. The highest BCUT2D eigenvalue weighted by atomic mass is 19.1. The fourth-order valence-corrected chi connectivity index (χ4v) is 3.66. The van der Waals surface area contributed by atoms with Crippen LogP contribution in [0.4, 0.5) is 4.39 Å². The number of hydrogen-bond donors (Lipinski definition) is 3. The van der Waals surface area contributed by atoms with Crippen molar-refractivity contribution >= 4 is 12.0 Å². The molecule has 0 aliphatic heterocycles. The van der Waals surface area contributed by atoms with Crippen LogP contribution in [0.5, 0.6) is 5.75 Å². The van der Waals surface area contributed by atoms with Crippen molar-refractivity contribution in [2.75, 3.05) is 7.11 Å². The predicted octanol–water partition coefficient (Wildman–Crippen LogP) is 4.79. The number of aliphatic hydroxyl groups is 2. The lowest BCUT2D eigenvalue weighted by Crippen LogP contribution is -2.19. The smallest absolute Gasteiger partial charge is 0.305 e. The summed E-state index contributed by atoms with van der Waals surface area (Å²) < 4.78 is 19.3. The second kappa shape index (κ2) is 11.1. The van der Waals surface area contributed by atoms with Gasteiger partial charge in [-0.05, 0) is 46.7 Å². The number of aliphatic hydroxyl groups excluding tert-OH is 2. The van der Waals surface area contributed by atoms with Crippen molar-refractivity contribution in [2.45, 2.75) is 58.2 Å². The zero-order chi connectivity index (χ0) is 23.1. The van der Waals surface area contributed by atoms with Crippen LogP contribution in [0.15, 0.2) is 36.4 Å². The molecule has 0 saturated carbocycles. The Labute approximate surface area is 182 Å². The molecule has 0 aliphatic carbocycles. The van der Waals surface area contributed by atoms with E-state index in [9.17, 15) is 19.4 Å². The van der Waals surface area contributed by atoms with Crippen LogP contribution in [0.1, 0.15) is 56.2 Å². The van der Waals surface area contributed by atoms with E-state index in [2.05, 4.69) is 19.9 Å². The number of hydrogen-bond acceptors (Lipinski definition) is 4. The maximum atomic E-state index is 13.6. The number of aryl methyl sites for hydroxylation is 1. The molecule has 2 aromatic rings. The molecule has 6 heteroatoms. The van der Waals surface area contributed by atoms with Crippen LogP contribution in [0.2, 0.25) is 0 Å². The number of methoxy groups -OCH3 is 1. The lowest BCUT2D eigenvalue weighted by Gasteiger charge is -2.22. The van der Waals surface area contributed by atoms with E-state index in [0.717, 1.165) is 34.2 Å². The highest BCUT2D eigenvalue weighted by Gasteiger charge is 2.20. The van der Waals surface area contributed by atoms with Gasteiger partial charge in [-0.3, -0.25) is 4.79 Å². The van der Waals surface area contributed by atoms with E-state index >= 15 is 0 Å². The number of carboxylic acids is 1. The lowest BCUT2D eigenvalue weighted by molar-refractivity contribution is -0.139. The fraction of sp³-hybridized carbons (Fsp3) is 0.400. The summed E-state index contributed by atoms with van der Waals surface area (Å²) in [4.78, 5) is 10.7. The van der Waals surface area contributed by atoms with Gasteiger partial charge in [0.15, 0.2) is 0 Å². The number of ether oxygens (including phenoxy) is 1. The molecule has 0 bridgehead atoms. The fourth-order valence-electron chi connectivity index (χ4n) is 3.66. The monoisotopic (exact) mass is 430 g/mol. The molecule has 0 aromatic heterocycles. The average molecular weight is 431 g/mol. The van der Waals surface area contributed by atoms with Gasteiger partial charge in [0.1, 0.15) is 11.6 Å².